The standard InChI is InChI=1S/C38H40F6N4/c1-23-15-25(3)35(31(17-23)37(39,40)41)27-9-11-29(45-19-27)21-47-13-5-7-33(47)34-8-6-14-48(34)22-30-12-10-28(20-46-30)36-26(4)16-24(2)18-32(36)38(42,43)44/h9-12,15-20,33-34H,5-8,13-14,21-22H2,1-4H3. The highest BCUT2D eigenvalue weighted by Crippen LogP contribution is 2.41. The highest BCUT2D eigenvalue weighted by molar-refractivity contribution is 5.72. The van der Waals surface area contributed by atoms with E-state index in [9.17, 15) is 26.3 Å². The molecule has 0 saturated carbocycles. The van der Waals surface area contributed by atoms with Crippen molar-refractivity contribution in [2.75, 3.05) is 13.1 Å². The third-order valence-corrected chi connectivity index (χ3v) is 9.80. The Hall–Kier alpha value is -3.76. The van der Waals surface area contributed by atoms with Crippen molar-refractivity contribution in [2.24, 2.45) is 0 Å². The van der Waals surface area contributed by atoms with Crippen LogP contribution in [-0.4, -0.2) is 44.9 Å². The molecule has 2 aromatic heterocycles. The van der Waals surface area contributed by atoms with Gasteiger partial charge in [-0.25, -0.2) is 0 Å². The van der Waals surface area contributed by atoms with Crippen LogP contribution in [0.4, 0.5) is 26.3 Å². The smallest absolute Gasteiger partial charge is 0.293 e. The number of alkyl halides is 6. The molecule has 2 aliphatic rings. The van der Waals surface area contributed by atoms with Crippen molar-refractivity contribution < 1.29 is 26.3 Å². The normalized spacial score (nSPS) is 19.4. The van der Waals surface area contributed by atoms with Crippen LogP contribution in [0.5, 0.6) is 0 Å². The summed E-state index contributed by atoms with van der Waals surface area (Å²) in [7, 11) is 0. The maximum atomic E-state index is 13.9. The van der Waals surface area contributed by atoms with E-state index in [0.717, 1.165) is 50.2 Å². The fourth-order valence-corrected chi connectivity index (χ4v) is 7.86. The fraction of sp³-hybridized carbons (Fsp3) is 0.421. The molecule has 0 aliphatic carbocycles. The van der Waals surface area contributed by atoms with Gasteiger partial charge < -0.3 is 0 Å². The van der Waals surface area contributed by atoms with Crippen LogP contribution in [0, 0.1) is 27.7 Å². The van der Waals surface area contributed by atoms with Crippen LogP contribution >= 0.6 is 0 Å². The number of pyridine rings is 2. The van der Waals surface area contributed by atoms with Crippen molar-refractivity contribution in [2.45, 2.75) is 90.9 Å². The lowest BCUT2D eigenvalue weighted by Gasteiger charge is -2.35. The third-order valence-electron chi connectivity index (χ3n) is 9.80. The Kier molecular flexibility index (Phi) is 9.43. The number of hydrogen-bond donors (Lipinski definition) is 0. The van der Waals surface area contributed by atoms with E-state index >= 15 is 0 Å². The Morgan fingerprint density at radius 1 is 0.604 bits per heavy atom. The summed E-state index contributed by atoms with van der Waals surface area (Å²) in [6, 6.07) is 13.7. The van der Waals surface area contributed by atoms with Gasteiger partial charge in [-0.3, -0.25) is 19.8 Å². The van der Waals surface area contributed by atoms with Crippen molar-refractivity contribution in [3.63, 3.8) is 0 Å². The quantitative estimate of drug-likeness (QED) is 0.184. The lowest BCUT2D eigenvalue weighted by atomic mass is 9.93. The van der Waals surface area contributed by atoms with Gasteiger partial charge in [-0.05, 0) is 113 Å². The molecule has 0 spiro atoms. The second-order valence-corrected chi connectivity index (χ2v) is 13.4. The summed E-state index contributed by atoms with van der Waals surface area (Å²) in [6.07, 6.45) is -1.64. The largest absolute Gasteiger partial charge is 0.417 e. The molecular formula is C38H40F6N4. The highest BCUT2D eigenvalue weighted by Gasteiger charge is 2.39. The summed E-state index contributed by atoms with van der Waals surface area (Å²) < 4.78 is 83.4. The van der Waals surface area contributed by atoms with Crippen molar-refractivity contribution in [3.05, 3.63) is 106 Å². The van der Waals surface area contributed by atoms with Gasteiger partial charge in [0.25, 0.3) is 0 Å². The number of rotatable bonds is 7. The van der Waals surface area contributed by atoms with Gasteiger partial charge in [-0.1, -0.05) is 35.4 Å². The average molecular weight is 667 g/mol. The molecule has 6 rings (SSSR count). The fourth-order valence-electron chi connectivity index (χ4n) is 7.86. The third kappa shape index (κ3) is 7.15. The van der Waals surface area contributed by atoms with E-state index in [1.165, 1.54) is 12.1 Å². The van der Waals surface area contributed by atoms with E-state index in [2.05, 4.69) is 19.8 Å². The van der Waals surface area contributed by atoms with Crippen molar-refractivity contribution in [3.8, 4) is 22.3 Å². The predicted octanol–water partition coefficient (Wildman–Crippen LogP) is 9.71. The molecular weight excluding hydrogens is 626 g/mol. The molecule has 4 nitrogen and oxygen atoms in total. The number of aromatic nitrogens is 2. The maximum Gasteiger partial charge on any atom is 0.417 e. The van der Waals surface area contributed by atoms with E-state index in [1.807, 2.05) is 12.1 Å². The Balaban J connectivity index is 1.15. The minimum Gasteiger partial charge on any atom is -0.293 e. The van der Waals surface area contributed by atoms with Gasteiger partial charge in [0.15, 0.2) is 0 Å². The molecule has 2 atom stereocenters. The van der Waals surface area contributed by atoms with Gasteiger partial charge in [0.05, 0.1) is 22.5 Å². The second kappa shape index (κ2) is 13.3. The van der Waals surface area contributed by atoms with Crippen LogP contribution in [0.3, 0.4) is 0 Å². The topological polar surface area (TPSA) is 32.3 Å². The van der Waals surface area contributed by atoms with Crippen LogP contribution in [0.25, 0.3) is 22.3 Å². The molecule has 2 saturated heterocycles. The van der Waals surface area contributed by atoms with Crippen LogP contribution in [0.15, 0.2) is 60.9 Å². The van der Waals surface area contributed by atoms with Crippen molar-refractivity contribution in [1.82, 2.24) is 19.8 Å². The Bertz CT molecular complexity index is 1630. The zero-order chi connectivity index (χ0) is 34.4. The zero-order valence-electron chi connectivity index (χ0n) is 27.6. The zero-order valence-corrected chi connectivity index (χ0v) is 27.6. The summed E-state index contributed by atoms with van der Waals surface area (Å²) in [5, 5.41) is 0. The van der Waals surface area contributed by atoms with Gasteiger partial charge >= 0.3 is 12.4 Å². The van der Waals surface area contributed by atoms with Gasteiger partial charge in [0.2, 0.25) is 0 Å². The number of halogens is 6. The Labute approximate surface area is 277 Å². The first-order valence-electron chi connectivity index (χ1n) is 16.4. The minimum absolute atomic E-state index is 0.171. The number of hydrogen-bond acceptors (Lipinski definition) is 4. The summed E-state index contributed by atoms with van der Waals surface area (Å²) in [4.78, 5) is 14.1. The van der Waals surface area contributed by atoms with Gasteiger partial charge in [0.1, 0.15) is 0 Å². The van der Waals surface area contributed by atoms with E-state index in [-0.39, 0.29) is 11.1 Å². The summed E-state index contributed by atoms with van der Waals surface area (Å²) >= 11 is 0. The second-order valence-electron chi connectivity index (χ2n) is 13.4. The first-order chi connectivity index (χ1) is 22.7. The summed E-state index contributed by atoms with van der Waals surface area (Å²) in [6.45, 7) is 9.79. The van der Waals surface area contributed by atoms with Gasteiger partial charge in [0, 0.05) is 48.7 Å². The molecule has 4 aromatic rings. The number of aryl methyl sites for hydroxylation is 4. The van der Waals surface area contributed by atoms with Crippen LogP contribution in [0.2, 0.25) is 0 Å². The number of nitrogens with zero attached hydrogens (tertiary/aromatic N) is 4. The van der Waals surface area contributed by atoms with Crippen molar-refractivity contribution >= 4 is 0 Å². The molecule has 2 aromatic carbocycles. The molecule has 2 unspecified atom stereocenters. The minimum atomic E-state index is -4.46. The van der Waals surface area contributed by atoms with E-state index in [1.54, 1.807) is 64.4 Å². The molecule has 254 valence electrons. The Morgan fingerprint density at radius 3 is 1.33 bits per heavy atom. The maximum absolute atomic E-state index is 13.9. The molecule has 10 heteroatoms. The molecule has 48 heavy (non-hydrogen) atoms. The first-order valence-corrected chi connectivity index (χ1v) is 16.4. The Morgan fingerprint density at radius 2 is 1.00 bits per heavy atom. The summed E-state index contributed by atoms with van der Waals surface area (Å²) in [5.74, 6) is 0. The van der Waals surface area contributed by atoms with Crippen molar-refractivity contribution in [1.29, 1.82) is 0 Å². The average Bonchev–Trinajstić information content (AvgIpc) is 3.66. The van der Waals surface area contributed by atoms with Gasteiger partial charge in [-0.2, -0.15) is 26.3 Å². The molecule has 2 fully saturated rings. The lowest BCUT2D eigenvalue weighted by Crippen LogP contribution is -2.45. The predicted molar refractivity (Wildman–Crippen MR) is 175 cm³/mol. The molecule has 4 heterocycles. The number of likely N-dealkylation sites (tertiary alicyclic amines) is 2. The van der Waals surface area contributed by atoms with Crippen LogP contribution in [0.1, 0.15) is 70.5 Å². The van der Waals surface area contributed by atoms with E-state index < -0.39 is 23.5 Å². The monoisotopic (exact) mass is 666 g/mol. The molecule has 0 radical (unpaired) electrons. The van der Waals surface area contributed by atoms with Crippen LogP contribution < -0.4 is 0 Å². The lowest BCUT2D eigenvalue weighted by molar-refractivity contribution is -0.138. The van der Waals surface area contributed by atoms with E-state index in [4.69, 9.17) is 0 Å². The van der Waals surface area contributed by atoms with E-state index in [0.29, 0.717) is 58.6 Å². The summed E-state index contributed by atoms with van der Waals surface area (Å²) in [5.41, 5.74) is 3.86. The molecule has 2 aliphatic heterocycles. The first kappa shape index (κ1) is 34.1. The molecule has 0 amide bonds. The highest BCUT2D eigenvalue weighted by atomic mass is 19.4. The SMILES string of the molecule is Cc1cc(C)c(-c2ccc(CN3CCCC3C3CCCN3Cc3ccc(-c4c(C)cc(C)cc4C(F)(F)F)cn3)nc2)c(C(F)(F)F)c1. The number of benzene rings is 2. The van der Waals surface area contributed by atoms with Crippen LogP contribution in [-0.2, 0) is 25.4 Å². The van der Waals surface area contributed by atoms with Gasteiger partial charge in [-0.15, -0.1) is 0 Å². The molecule has 0 bridgehead atoms. The molecule has 0 N–H and O–H groups in total.